The lowest BCUT2D eigenvalue weighted by Crippen LogP contribution is -2.41. The molecule has 1 fully saturated rings. The van der Waals surface area contributed by atoms with Gasteiger partial charge >= 0.3 is 12.0 Å². The van der Waals surface area contributed by atoms with Gasteiger partial charge in [-0.25, -0.2) is 4.79 Å². The molecule has 0 aromatic heterocycles. The van der Waals surface area contributed by atoms with Crippen LogP contribution in [0.25, 0.3) is 0 Å². The van der Waals surface area contributed by atoms with Crippen LogP contribution in [0.3, 0.4) is 0 Å². The van der Waals surface area contributed by atoms with E-state index in [4.69, 9.17) is 5.11 Å². The second kappa shape index (κ2) is 7.24. The quantitative estimate of drug-likeness (QED) is 0.763. The van der Waals surface area contributed by atoms with Crippen molar-refractivity contribution < 1.29 is 14.7 Å². The number of hydrogen-bond acceptors (Lipinski definition) is 2. The monoisotopic (exact) mass is 256 g/mol. The van der Waals surface area contributed by atoms with E-state index in [1.165, 1.54) is 0 Å². The summed E-state index contributed by atoms with van der Waals surface area (Å²) in [4.78, 5) is 24.4. The number of nitrogens with zero attached hydrogens (tertiary/aromatic N) is 1. The molecule has 0 radical (unpaired) electrons. The lowest BCUT2D eigenvalue weighted by atomic mass is 9.96. The average Bonchev–Trinajstić information content (AvgIpc) is 2.81. The molecule has 2 N–H and O–H groups in total. The number of unbranched alkanes of at least 4 members (excludes halogenated alkanes) is 1. The molecule has 1 saturated carbocycles. The number of carbonyl (C=O) groups excluding carboxylic acids is 1. The summed E-state index contributed by atoms with van der Waals surface area (Å²) in [6.45, 7) is 3.31. The van der Waals surface area contributed by atoms with Crippen LogP contribution in [0.2, 0.25) is 0 Å². The predicted molar refractivity (Wildman–Crippen MR) is 69.4 cm³/mol. The zero-order chi connectivity index (χ0) is 13.5. The molecular weight excluding hydrogens is 232 g/mol. The number of urea groups is 1. The van der Waals surface area contributed by atoms with Crippen LogP contribution in [0.1, 0.15) is 39.0 Å². The van der Waals surface area contributed by atoms with Crippen molar-refractivity contribution >= 4 is 12.0 Å². The van der Waals surface area contributed by atoms with Gasteiger partial charge in [-0.05, 0) is 25.2 Å². The Kier molecular flexibility index (Phi) is 5.95. The van der Waals surface area contributed by atoms with Gasteiger partial charge in [-0.3, -0.25) is 4.79 Å². The highest BCUT2D eigenvalue weighted by Gasteiger charge is 2.32. The molecular formula is C13H24N2O3. The fourth-order valence-corrected chi connectivity index (χ4v) is 2.46. The summed E-state index contributed by atoms with van der Waals surface area (Å²) < 4.78 is 0. The molecule has 0 heterocycles. The highest BCUT2D eigenvalue weighted by Crippen LogP contribution is 2.31. The molecule has 0 spiro atoms. The Hall–Kier alpha value is -1.26. The molecule has 0 aromatic rings. The van der Waals surface area contributed by atoms with Gasteiger partial charge in [0.05, 0.1) is 5.92 Å². The van der Waals surface area contributed by atoms with Crippen LogP contribution in [0.4, 0.5) is 4.79 Å². The molecule has 2 unspecified atom stereocenters. The molecule has 104 valence electrons. The van der Waals surface area contributed by atoms with Crippen molar-refractivity contribution in [3.63, 3.8) is 0 Å². The number of nitrogens with one attached hydrogen (secondary N) is 1. The van der Waals surface area contributed by atoms with Gasteiger partial charge < -0.3 is 15.3 Å². The lowest BCUT2D eigenvalue weighted by Gasteiger charge is -2.21. The van der Waals surface area contributed by atoms with Crippen LogP contribution < -0.4 is 5.32 Å². The predicted octanol–water partition coefficient (Wildman–Crippen LogP) is 1.93. The first kappa shape index (κ1) is 14.8. The minimum absolute atomic E-state index is 0.0889. The molecule has 1 rings (SSSR count). The number of amides is 2. The van der Waals surface area contributed by atoms with E-state index in [1.54, 1.807) is 11.9 Å². The smallest absolute Gasteiger partial charge is 0.317 e. The second-order valence-corrected chi connectivity index (χ2v) is 5.10. The SMILES string of the molecule is CCCCN(C)C(=O)NCC1CCCC1C(=O)O. The Morgan fingerprint density at radius 1 is 1.39 bits per heavy atom. The third-order valence-corrected chi connectivity index (χ3v) is 3.69. The van der Waals surface area contributed by atoms with Crippen LogP contribution in [0, 0.1) is 11.8 Å². The standard InChI is InChI=1S/C13H24N2O3/c1-3-4-8-15(2)13(18)14-9-10-6-5-7-11(10)12(16)17/h10-11H,3-9H2,1-2H3,(H,14,18)(H,16,17). The zero-order valence-electron chi connectivity index (χ0n) is 11.3. The topological polar surface area (TPSA) is 69.6 Å². The summed E-state index contributed by atoms with van der Waals surface area (Å²) in [6, 6.07) is -0.0977. The van der Waals surface area contributed by atoms with Crippen molar-refractivity contribution in [3.8, 4) is 0 Å². The summed E-state index contributed by atoms with van der Waals surface area (Å²) in [5.74, 6) is -0.927. The molecule has 0 aliphatic heterocycles. The van der Waals surface area contributed by atoms with Crippen LogP contribution >= 0.6 is 0 Å². The molecule has 1 aliphatic rings. The first-order chi connectivity index (χ1) is 8.56. The van der Waals surface area contributed by atoms with E-state index in [1.807, 2.05) is 0 Å². The maximum atomic E-state index is 11.7. The van der Waals surface area contributed by atoms with Crippen LogP contribution in [-0.4, -0.2) is 42.1 Å². The van der Waals surface area contributed by atoms with Gasteiger partial charge in [0.2, 0.25) is 0 Å². The average molecular weight is 256 g/mol. The van der Waals surface area contributed by atoms with E-state index < -0.39 is 5.97 Å². The molecule has 5 heteroatoms. The summed E-state index contributed by atoms with van der Waals surface area (Å²) in [5.41, 5.74) is 0. The van der Waals surface area contributed by atoms with Crippen molar-refractivity contribution in [3.05, 3.63) is 0 Å². The van der Waals surface area contributed by atoms with Crippen molar-refractivity contribution in [2.75, 3.05) is 20.1 Å². The van der Waals surface area contributed by atoms with E-state index in [0.29, 0.717) is 6.54 Å². The van der Waals surface area contributed by atoms with Crippen molar-refractivity contribution in [2.45, 2.75) is 39.0 Å². The third-order valence-electron chi connectivity index (χ3n) is 3.69. The normalized spacial score (nSPS) is 22.8. The Balaban J connectivity index is 2.31. The van der Waals surface area contributed by atoms with Gasteiger partial charge in [-0.15, -0.1) is 0 Å². The van der Waals surface area contributed by atoms with Crippen molar-refractivity contribution in [1.29, 1.82) is 0 Å². The van der Waals surface area contributed by atoms with Gasteiger partial charge in [0.15, 0.2) is 0 Å². The minimum Gasteiger partial charge on any atom is -0.481 e. The van der Waals surface area contributed by atoms with Gasteiger partial charge in [0.1, 0.15) is 0 Å². The van der Waals surface area contributed by atoms with E-state index in [9.17, 15) is 9.59 Å². The molecule has 18 heavy (non-hydrogen) atoms. The number of carboxylic acid groups (broad SMARTS) is 1. The molecule has 0 aromatic carbocycles. The number of aliphatic carboxylic acids is 1. The third kappa shape index (κ3) is 4.20. The molecule has 0 bridgehead atoms. The molecule has 1 aliphatic carbocycles. The molecule has 0 saturated heterocycles. The summed E-state index contributed by atoms with van der Waals surface area (Å²) >= 11 is 0. The number of hydrogen-bond donors (Lipinski definition) is 2. The highest BCUT2D eigenvalue weighted by atomic mass is 16.4. The molecule has 2 atom stereocenters. The van der Waals surface area contributed by atoms with Crippen LogP contribution in [-0.2, 0) is 4.79 Å². The molecule has 2 amide bonds. The highest BCUT2D eigenvalue weighted by molar-refractivity contribution is 5.74. The Labute approximate surface area is 109 Å². The maximum Gasteiger partial charge on any atom is 0.317 e. The maximum absolute atomic E-state index is 11.7. The van der Waals surface area contributed by atoms with Crippen molar-refractivity contribution in [1.82, 2.24) is 10.2 Å². The van der Waals surface area contributed by atoms with Gasteiger partial charge in [-0.2, -0.15) is 0 Å². The summed E-state index contributed by atoms with van der Waals surface area (Å²) in [6.07, 6.45) is 4.63. The van der Waals surface area contributed by atoms with Gasteiger partial charge in [0, 0.05) is 20.1 Å². The Morgan fingerprint density at radius 2 is 2.11 bits per heavy atom. The summed E-state index contributed by atoms with van der Waals surface area (Å²) in [5, 5.41) is 11.9. The number of carbonyl (C=O) groups is 2. The van der Waals surface area contributed by atoms with E-state index in [2.05, 4.69) is 12.2 Å². The number of carboxylic acids is 1. The van der Waals surface area contributed by atoms with E-state index >= 15 is 0 Å². The van der Waals surface area contributed by atoms with Crippen molar-refractivity contribution in [2.24, 2.45) is 11.8 Å². The Bertz CT molecular complexity index is 294. The van der Waals surface area contributed by atoms with Gasteiger partial charge in [-0.1, -0.05) is 19.8 Å². The van der Waals surface area contributed by atoms with Gasteiger partial charge in [0.25, 0.3) is 0 Å². The number of rotatable bonds is 6. The molecule has 5 nitrogen and oxygen atoms in total. The fourth-order valence-electron chi connectivity index (χ4n) is 2.46. The first-order valence-corrected chi connectivity index (χ1v) is 6.78. The van der Waals surface area contributed by atoms with Crippen LogP contribution in [0.15, 0.2) is 0 Å². The second-order valence-electron chi connectivity index (χ2n) is 5.10. The van der Waals surface area contributed by atoms with E-state index in [0.717, 1.165) is 38.6 Å². The lowest BCUT2D eigenvalue weighted by molar-refractivity contribution is -0.142. The summed E-state index contributed by atoms with van der Waals surface area (Å²) in [7, 11) is 1.77. The first-order valence-electron chi connectivity index (χ1n) is 6.78. The fraction of sp³-hybridized carbons (Fsp3) is 0.846. The van der Waals surface area contributed by atoms with Crippen LogP contribution in [0.5, 0.6) is 0 Å². The Morgan fingerprint density at radius 3 is 2.72 bits per heavy atom. The minimum atomic E-state index is -0.730. The zero-order valence-corrected chi connectivity index (χ0v) is 11.3. The largest absolute Gasteiger partial charge is 0.481 e. The van der Waals surface area contributed by atoms with E-state index in [-0.39, 0.29) is 17.9 Å².